The Morgan fingerprint density at radius 3 is 2.95 bits per heavy atom. The molecule has 0 bridgehead atoms. The van der Waals surface area contributed by atoms with Gasteiger partial charge in [-0.1, -0.05) is 18.2 Å². The molecule has 22 heavy (non-hydrogen) atoms. The average Bonchev–Trinajstić information content (AvgIpc) is 3.09. The van der Waals surface area contributed by atoms with Gasteiger partial charge in [-0.2, -0.15) is 5.10 Å². The van der Waals surface area contributed by atoms with Gasteiger partial charge in [-0.3, -0.25) is 4.68 Å². The molecule has 1 aromatic heterocycles. The summed E-state index contributed by atoms with van der Waals surface area (Å²) in [6.45, 7) is 2.39. The molecule has 5 heteroatoms. The van der Waals surface area contributed by atoms with Crippen LogP contribution in [0.1, 0.15) is 23.7 Å². The van der Waals surface area contributed by atoms with Crippen LogP contribution in [0.5, 0.6) is 0 Å². The summed E-state index contributed by atoms with van der Waals surface area (Å²) in [6.07, 6.45) is 5.32. The fourth-order valence-electron chi connectivity index (χ4n) is 3.24. The number of β-amino-alcohol motifs (C(OH)–C–C–N with tert-alkyl or cyclic N) is 1. The molecule has 0 amide bonds. The van der Waals surface area contributed by atoms with E-state index in [2.05, 4.69) is 16.2 Å². The fourth-order valence-corrected chi connectivity index (χ4v) is 3.24. The Morgan fingerprint density at radius 2 is 2.23 bits per heavy atom. The van der Waals surface area contributed by atoms with Crippen molar-refractivity contribution in [3.05, 3.63) is 53.6 Å². The lowest BCUT2D eigenvalue weighted by atomic mass is 10.0. The van der Waals surface area contributed by atoms with E-state index in [1.807, 2.05) is 17.9 Å². The molecular weight excluding hydrogens is 281 g/mol. The zero-order valence-corrected chi connectivity index (χ0v) is 12.8. The van der Waals surface area contributed by atoms with Crippen LogP contribution in [-0.2, 0) is 13.5 Å². The zero-order valence-electron chi connectivity index (χ0n) is 12.8. The van der Waals surface area contributed by atoms with Crippen molar-refractivity contribution in [2.24, 2.45) is 13.0 Å². The number of hydrogen-bond acceptors (Lipinski definition) is 3. The largest absolute Gasteiger partial charge is 0.387 e. The molecule has 2 atom stereocenters. The SMILES string of the molecule is Cn1cc(CC2CCN(CC(O)c3ccccc3F)C2)cn1. The second-order valence-corrected chi connectivity index (χ2v) is 6.18. The zero-order chi connectivity index (χ0) is 15.5. The number of nitrogens with zero attached hydrogens (tertiary/aromatic N) is 3. The predicted octanol–water partition coefficient (Wildman–Crippen LogP) is 2.16. The molecule has 1 fully saturated rings. The van der Waals surface area contributed by atoms with Crippen molar-refractivity contribution in [2.75, 3.05) is 19.6 Å². The first-order valence-corrected chi connectivity index (χ1v) is 7.74. The van der Waals surface area contributed by atoms with E-state index in [-0.39, 0.29) is 5.82 Å². The predicted molar refractivity (Wildman–Crippen MR) is 82.8 cm³/mol. The lowest BCUT2D eigenvalue weighted by molar-refractivity contribution is 0.121. The Bertz CT molecular complexity index is 628. The highest BCUT2D eigenvalue weighted by molar-refractivity contribution is 5.20. The summed E-state index contributed by atoms with van der Waals surface area (Å²) in [7, 11) is 1.93. The molecule has 1 aliphatic rings. The Labute approximate surface area is 130 Å². The second-order valence-electron chi connectivity index (χ2n) is 6.18. The number of benzene rings is 1. The monoisotopic (exact) mass is 303 g/mol. The highest BCUT2D eigenvalue weighted by Gasteiger charge is 2.25. The standard InChI is InChI=1S/C17H22FN3O/c1-20-10-14(9-19-20)8-13-6-7-21(11-13)12-17(22)15-4-2-3-5-16(15)18/h2-5,9-10,13,17,22H,6-8,11-12H2,1H3. The van der Waals surface area contributed by atoms with Crippen LogP contribution in [0.4, 0.5) is 4.39 Å². The van der Waals surface area contributed by atoms with Crippen molar-refractivity contribution < 1.29 is 9.50 Å². The van der Waals surface area contributed by atoms with E-state index in [4.69, 9.17) is 0 Å². The van der Waals surface area contributed by atoms with Crippen LogP contribution in [0.15, 0.2) is 36.7 Å². The summed E-state index contributed by atoms with van der Waals surface area (Å²) in [5, 5.41) is 14.4. The number of hydrogen-bond donors (Lipinski definition) is 1. The van der Waals surface area contributed by atoms with E-state index in [1.165, 1.54) is 11.6 Å². The van der Waals surface area contributed by atoms with Crippen LogP contribution in [0.3, 0.4) is 0 Å². The number of aromatic nitrogens is 2. The van der Waals surface area contributed by atoms with Gasteiger partial charge in [0.1, 0.15) is 5.82 Å². The van der Waals surface area contributed by atoms with E-state index in [0.29, 0.717) is 18.0 Å². The molecule has 0 aliphatic carbocycles. The van der Waals surface area contributed by atoms with Gasteiger partial charge in [0.25, 0.3) is 0 Å². The third-order valence-corrected chi connectivity index (χ3v) is 4.35. The summed E-state index contributed by atoms with van der Waals surface area (Å²) >= 11 is 0. The lowest BCUT2D eigenvalue weighted by Crippen LogP contribution is -2.27. The fraction of sp³-hybridized carbons (Fsp3) is 0.471. The average molecular weight is 303 g/mol. The van der Waals surface area contributed by atoms with Gasteiger partial charge in [-0.25, -0.2) is 4.39 Å². The summed E-state index contributed by atoms with van der Waals surface area (Å²) in [5.41, 5.74) is 1.64. The number of aliphatic hydroxyl groups excluding tert-OH is 1. The van der Waals surface area contributed by atoms with Gasteiger partial charge in [0, 0.05) is 31.9 Å². The van der Waals surface area contributed by atoms with Crippen molar-refractivity contribution in [3.63, 3.8) is 0 Å². The molecule has 2 unspecified atom stereocenters. The van der Waals surface area contributed by atoms with Gasteiger partial charge in [0.2, 0.25) is 0 Å². The molecule has 2 heterocycles. The minimum absolute atomic E-state index is 0.332. The maximum atomic E-state index is 13.7. The van der Waals surface area contributed by atoms with Gasteiger partial charge >= 0.3 is 0 Å². The Hall–Kier alpha value is -1.72. The van der Waals surface area contributed by atoms with E-state index in [9.17, 15) is 9.50 Å². The van der Waals surface area contributed by atoms with E-state index >= 15 is 0 Å². The molecule has 1 N–H and O–H groups in total. The molecule has 1 aromatic carbocycles. The van der Waals surface area contributed by atoms with Crippen molar-refractivity contribution in [2.45, 2.75) is 18.9 Å². The van der Waals surface area contributed by atoms with E-state index < -0.39 is 6.10 Å². The summed E-state index contributed by atoms with van der Waals surface area (Å²) in [5.74, 6) is 0.248. The third kappa shape index (κ3) is 3.54. The quantitative estimate of drug-likeness (QED) is 0.920. The van der Waals surface area contributed by atoms with E-state index in [0.717, 1.165) is 25.9 Å². The van der Waals surface area contributed by atoms with Gasteiger partial charge in [-0.15, -0.1) is 0 Å². The first-order valence-electron chi connectivity index (χ1n) is 7.74. The highest BCUT2D eigenvalue weighted by Crippen LogP contribution is 2.24. The highest BCUT2D eigenvalue weighted by atomic mass is 19.1. The minimum Gasteiger partial charge on any atom is -0.387 e. The van der Waals surface area contributed by atoms with Gasteiger partial charge in [-0.05, 0) is 36.9 Å². The maximum absolute atomic E-state index is 13.7. The topological polar surface area (TPSA) is 41.3 Å². The summed E-state index contributed by atoms with van der Waals surface area (Å²) in [6, 6.07) is 6.46. The molecule has 3 rings (SSSR count). The minimum atomic E-state index is -0.765. The van der Waals surface area contributed by atoms with Crippen LogP contribution in [0.2, 0.25) is 0 Å². The first kappa shape index (κ1) is 15.2. The van der Waals surface area contributed by atoms with Crippen molar-refractivity contribution in [3.8, 4) is 0 Å². The number of aliphatic hydroxyl groups is 1. The summed E-state index contributed by atoms with van der Waals surface area (Å²) < 4.78 is 15.5. The van der Waals surface area contributed by atoms with Crippen molar-refractivity contribution in [1.29, 1.82) is 0 Å². The van der Waals surface area contributed by atoms with Gasteiger partial charge in [0.05, 0.1) is 12.3 Å². The Kier molecular flexibility index (Phi) is 4.55. The van der Waals surface area contributed by atoms with Crippen LogP contribution in [0.25, 0.3) is 0 Å². The van der Waals surface area contributed by atoms with Crippen molar-refractivity contribution >= 4 is 0 Å². The number of rotatable bonds is 5. The van der Waals surface area contributed by atoms with E-state index in [1.54, 1.807) is 18.2 Å². The third-order valence-electron chi connectivity index (χ3n) is 4.35. The number of likely N-dealkylation sites (tertiary alicyclic amines) is 1. The van der Waals surface area contributed by atoms with Gasteiger partial charge < -0.3 is 10.0 Å². The molecule has 0 radical (unpaired) electrons. The van der Waals surface area contributed by atoms with Gasteiger partial charge in [0.15, 0.2) is 0 Å². The van der Waals surface area contributed by atoms with Crippen LogP contribution >= 0.6 is 0 Å². The maximum Gasteiger partial charge on any atom is 0.129 e. The normalized spacial score (nSPS) is 20.4. The van der Waals surface area contributed by atoms with Crippen molar-refractivity contribution in [1.82, 2.24) is 14.7 Å². The lowest BCUT2D eigenvalue weighted by Gasteiger charge is -2.20. The Morgan fingerprint density at radius 1 is 1.41 bits per heavy atom. The molecule has 2 aromatic rings. The Balaban J connectivity index is 1.53. The molecule has 1 saturated heterocycles. The smallest absolute Gasteiger partial charge is 0.129 e. The number of halogens is 1. The molecule has 118 valence electrons. The first-order chi connectivity index (χ1) is 10.6. The van der Waals surface area contributed by atoms with Crippen LogP contribution < -0.4 is 0 Å². The molecule has 0 saturated carbocycles. The number of aryl methyl sites for hydroxylation is 1. The second kappa shape index (κ2) is 6.58. The molecule has 1 aliphatic heterocycles. The molecule has 4 nitrogen and oxygen atoms in total. The van der Waals surface area contributed by atoms with Crippen LogP contribution in [0, 0.1) is 11.7 Å². The molecular formula is C17H22FN3O. The molecule has 0 spiro atoms. The van der Waals surface area contributed by atoms with Crippen LogP contribution in [-0.4, -0.2) is 39.4 Å². The summed E-state index contributed by atoms with van der Waals surface area (Å²) in [4.78, 5) is 2.22.